The van der Waals surface area contributed by atoms with Crippen LogP contribution in [-0.4, -0.2) is 21.7 Å². The first-order chi connectivity index (χ1) is 9.81. The Morgan fingerprint density at radius 3 is 2.85 bits per heavy atom. The van der Waals surface area contributed by atoms with E-state index in [1.807, 2.05) is 0 Å². The zero-order valence-electron chi connectivity index (χ0n) is 11.0. The van der Waals surface area contributed by atoms with Crippen molar-refractivity contribution in [1.29, 1.82) is 0 Å². The average Bonchev–Trinajstić information content (AvgIpc) is 3.11. The van der Waals surface area contributed by atoms with Gasteiger partial charge in [0.05, 0.1) is 10.4 Å². The lowest BCUT2D eigenvalue weighted by Crippen LogP contribution is -2.04. The molecule has 0 aliphatic rings. The van der Waals surface area contributed by atoms with Gasteiger partial charge in [0.2, 0.25) is 11.7 Å². The first-order valence-electron chi connectivity index (χ1n) is 6.33. The molecule has 0 saturated heterocycles. The molecule has 0 aliphatic heterocycles. The molecule has 20 heavy (non-hydrogen) atoms. The normalized spacial score (nSPS) is 10.7. The molecule has 0 bridgehead atoms. The Morgan fingerprint density at radius 2 is 2.10 bits per heavy atom. The number of hydrogen-bond donors (Lipinski definition) is 1. The molecule has 0 radical (unpaired) electrons. The Kier molecular flexibility index (Phi) is 3.73. The molecule has 1 aromatic carbocycles. The van der Waals surface area contributed by atoms with Crippen LogP contribution >= 0.6 is 11.3 Å². The Balaban J connectivity index is 1.55. The maximum Gasteiger partial charge on any atom is 0.228 e. The zero-order chi connectivity index (χ0) is 13.8. The van der Waals surface area contributed by atoms with Gasteiger partial charge in [-0.05, 0) is 19.1 Å². The third kappa shape index (κ3) is 3.03. The second-order valence-electron chi connectivity index (χ2n) is 4.42. The van der Waals surface area contributed by atoms with Crippen LogP contribution < -0.4 is 5.32 Å². The van der Waals surface area contributed by atoms with E-state index < -0.39 is 0 Å². The minimum Gasteiger partial charge on any atom is -0.385 e. The molecule has 1 N–H and O–H groups in total. The fourth-order valence-corrected chi connectivity index (χ4v) is 2.31. The van der Waals surface area contributed by atoms with Gasteiger partial charge in [0.15, 0.2) is 0 Å². The largest absolute Gasteiger partial charge is 0.385 e. The van der Waals surface area contributed by atoms with E-state index in [-0.39, 0.29) is 0 Å². The molecule has 0 aliphatic carbocycles. The zero-order valence-corrected chi connectivity index (χ0v) is 11.9. The molecule has 0 fully saturated rings. The summed E-state index contributed by atoms with van der Waals surface area (Å²) < 4.78 is 5.22. The summed E-state index contributed by atoms with van der Waals surface area (Å²) in [5, 5.41) is 7.28. The molecule has 0 amide bonds. The summed E-state index contributed by atoms with van der Waals surface area (Å²) in [6.07, 6.45) is 2.43. The Labute approximate surface area is 120 Å². The number of aromatic nitrogens is 3. The van der Waals surface area contributed by atoms with E-state index in [0.717, 1.165) is 17.1 Å². The van der Waals surface area contributed by atoms with Crippen molar-refractivity contribution in [2.75, 3.05) is 11.9 Å². The maximum absolute atomic E-state index is 5.22. The molecular formula is C14H14N4OS. The van der Waals surface area contributed by atoms with E-state index in [9.17, 15) is 0 Å². The molecular weight excluding hydrogens is 272 g/mol. The molecule has 0 unspecified atom stereocenters. The molecule has 0 spiro atoms. The minimum atomic E-state index is 0.609. The van der Waals surface area contributed by atoms with Crippen molar-refractivity contribution in [2.24, 2.45) is 0 Å². The second kappa shape index (κ2) is 5.83. The highest BCUT2D eigenvalue weighted by Gasteiger charge is 2.09. The van der Waals surface area contributed by atoms with Gasteiger partial charge in [-0.1, -0.05) is 22.9 Å². The van der Waals surface area contributed by atoms with Crippen LogP contribution in [0.25, 0.3) is 10.7 Å². The van der Waals surface area contributed by atoms with Gasteiger partial charge in [-0.2, -0.15) is 4.98 Å². The molecule has 0 saturated carbocycles. The summed E-state index contributed by atoms with van der Waals surface area (Å²) in [6.45, 7) is 2.83. The molecule has 102 valence electrons. The summed E-state index contributed by atoms with van der Waals surface area (Å²) in [7, 11) is 0. The molecule has 5 nitrogen and oxygen atoms in total. The highest BCUT2D eigenvalue weighted by molar-refractivity contribution is 7.13. The van der Waals surface area contributed by atoms with Crippen molar-refractivity contribution < 1.29 is 4.52 Å². The summed E-state index contributed by atoms with van der Waals surface area (Å²) in [5.41, 5.74) is 4.10. The first-order valence-corrected chi connectivity index (χ1v) is 7.21. The third-order valence-electron chi connectivity index (χ3n) is 2.84. The van der Waals surface area contributed by atoms with Crippen molar-refractivity contribution in [3.8, 4) is 10.7 Å². The van der Waals surface area contributed by atoms with E-state index in [1.165, 1.54) is 16.9 Å². The third-order valence-corrected chi connectivity index (χ3v) is 3.61. The molecule has 2 heterocycles. The van der Waals surface area contributed by atoms with Crippen LogP contribution in [0.2, 0.25) is 0 Å². The fraction of sp³-hybridized carbons (Fsp3) is 0.214. The van der Waals surface area contributed by atoms with Crippen molar-refractivity contribution in [2.45, 2.75) is 13.3 Å². The number of thiazole rings is 1. The van der Waals surface area contributed by atoms with Crippen LogP contribution in [0.5, 0.6) is 0 Å². The predicted octanol–water partition coefficient (Wildman–Crippen LogP) is 3.16. The molecule has 6 heteroatoms. The van der Waals surface area contributed by atoms with Gasteiger partial charge < -0.3 is 9.84 Å². The lowest BCUT2D eigenvalue weighted by molar-refractivity contribution is 0.381. The lowest BCUT2D eigenvalue weighted by atomic mass is 10.2. The van der Waals surface area contributed by atoms with Gasteiger partial charge in [0.1, 0.15) is 0 Å². The van der Waals surface area contributed by atoms with E-state index in [1.54, 1.807) is 11.7 Å². The quantitative estimate of drug-likeness (QED) is 0.780. The number of rotatable bonds is 5. The first kappa shape index (κ1) is 12.8. The number of nitrogens with one attached hydrogen (secondary N) is 1. The molecule has 3 rings (SSSR count). The van der Waals surface area contributed by atoms with Gasteiger partial charge in [0.25, 0.3) is 0 Å². The van der Waals surface area contributed by atoms with Crippen LogP contribution in [0.4, 0.5) is 5.69 Å². The van der Waals surface area contributed by atoms with Gasteiger partial charge in [0, 0.05) is 24.8 Å². The lowest BCUT2D eigenvalue weighted by Gasteiger charge is -2.04. The molecule has 2 aromatic heterocycles. The smallest absolute Gasteiger partial charge is 0.228 e. The van der Waals surface area contributed by atoms with E-state index in [4.69, 9.17) is 4.52 Å². The van der Waals surface area contributed by atoms with E-state index in [0.29, 0.717) is 18.1 Å². The van der Waals surface area contributed by atoms with Crippen molar-refractivity contribution in [1.82, 2.24) is 15.1 Å². The SMILES string of the molecule is Cc1ccc(NCCc2nc(-c3cncs3)no2)cc1. The van der Waals surface area contributed by atoms with Gasteiger partial charge in [-0.3, -0.25) is 4.98 Å². The summed E-state index contributed by atoms with van der Waals surface area (Å²) >= 11 is 1.50. The predicted molar refractivity (Wildman–Crippen MR) is 78.8 cm³/mol. The highest BCUT2D eigenvalue weighted by atomic mass is 32.1. The van der Waals surface area contributed by atoms with Crippen molar-refractivity contribution in [3.05, 3.63) is 47.4 Å². The number of benzene rings is 1. The summed E-state index contributed by atoms with van der Waals surface area (Å²) in [6, 6.07) is 8.28. The van der Waals surface area contributed by atoms with Gasteiger partial charge in [-0.15, -0.1) is 11.3 Å². The highest BCUT2D eigenvalue weighted by Crippen LogP contribution is 2.19. The average molecular weight is 286 g/mol. The molecule has 3 aromatic rings. The van der Waals surface area contributed by atoms with E-state index in [2.05, 4.69) is 51.6 Å². The number of aryl methyl sites for hydroxylation is 1. The second-order valence-corrected chi connectivity index (χ2v) is 5.31. The minimum absolute atomic E-state index is 0.609. The number of anilines is 1. The maximum atomic E-state index is 5.22. The Bertz CT molecular complexity index is 661. The fourth-order valence-electron chi connectivity index (χ4n) is 1.77. The van der Waals surface area contributed by atoms with Crippen LogP contribution in [-0.2, 0) is 6.42 Å². The van der Waals surface area contributed by atoms with E-state index >= 15 is 0 Å². The van der Waals surface area contributed by atoms with Gasteiger partial charge in [-0.25, -0.2) is 0 Å². The Morgan fingerprint density at radius 1 is 1.25 bits per heavy atom. The number of nitrogens with zero attached hydrogens (tertiary/aromatic N) is 3. The Hall–Kier alpha value is -2.21. The van der Waals surface area contributed by atoms with Crippen LogP contribution in [0.15, 0.2) is 40.5 Å². The van der Waals surface area contributed by atoms with Crippen molar-refractivity contribution >= 4 is 17.0 Å². The van der Waals surface area contributed by atoms with Gasteiger partial charge >= 0.3 is 0 Å². The van der Waals surface area contributed by atoms with Crippen molar-refractivity contribution in [3.63, 3.8) is 0 Å². The standard InChI is InChI=1S/C14H14N4OS/c1-10-2-4-11(5-3-10)16-7-6-13-17-14(18-19-13)12-8-15-9-20-12/h2-5,8-9,16H,6-7H2,1H3. The summed E-state index contributed by atoms with van der Waals surface area (Å²) in [5.74, 6) is 1.24. The molecule has 0 atom stereocenters. The van der Waals surface area contributed by atoms with Crippen LogP contribution in [0.3, 0.4) is 0 Å². The topological polar surface area (TPSA) is 63.8 Å². The summed E-state index contributed by atoms with van der Waals surface area (Å²) in [4.78, 5) is 9.27. The van der Waals surface area contributed by atoms with Crippen LogP contribution in [0, 0.1) is 6.92 Å². The van der Waals surface area contributed by atoms with Crippen LogP contribution in [0.1, 0.15) is 11.5 Å². The monoisotopic (exact) mass is 286 g/mol. The number of hydrogen-bond acceptors (Lipinski definition) is 6.